The third-order valence-corrected chi connectivity index (χ3v) is 7.40. The molecule has 0 aliphatic carbocycles. The molecule has 4 aromatic rings. The third kappa shape index (κ3) is 12.2. The summed E-state index contributed by atoms with van der Waals surface area (Å²) in [6.45, 7) is 4.17. The second-order valence-corrected chi connectivity index (χ2v) is 10.9. The largest absolute Gasteiger partial charge is 0.508 e. The predicted octanol–water partition coefficient (Wildman–Crippen LogP) is 5.23. The molecule has 9 nitrogen and oxygen atoms in total. The second-order valence-electron chi connectivity index (χ2n) is 10.9. The van der Waals surface area contributed by atoms with Crippen LogP contribution in [0.25, 0.3) is 0 Å². The van der Waals surface area contributed by atoms with E-state index < -0.39 is 6.10 Å². The van der Waals surface area contributed by atoms with Crippen molar-refractivity contribution in [3.05, 3.63) is 107 Å². The Morgan fingerprint density at radius 1 is 0.622 bits per heavy atom. The van der Waals surface area contributed by atoms with Crippen molar-refractivity contribution in [1.29, 1.82) is 0 Å². The van der Waals surface area contributed by atoms with Gasteiger partial charge in [0.1, 0.15) is 11.5 Å². The summed E-state index contributed by atoms with van der Waals surface area (Å²) in [6.07, 6.45) is 3.01. The number of phenolic OH excluding ortho intramolecular Hbond substituents is 4. The minimum atomic E-state index is -0.596. The van der Waals surface area contributed by atoms with E-state index in [4.69, 9.17) is 9.47 Å². The Bertz CT molecular complexity index is 1430. The Kier molecular flexibility index (Phi) is 14.3. The van der Waals surface area contributed by atoms with Gasteiger partial charge in [0.15, 0.2) is 23.0 Å². The van der Waals surface area contributed by atoms with Gasteiger partial charge in [-0.3, -0.25) is 0 Å². The molecule has 0 fully saturated rings. The second kappa shape index (κ2) is 18.4. The number of benzene rings is 4. The highest BCUT2D eigenvalue weighted by molar-refractivity contribution is 5.43. The van der Waals surface area contributed by atoms with Gasteiger partial charge in [0.2, 0.25) is 0 Å². The minimum absolute atomic E-state index is 0.0714. The van der Waals surface area contributed by atoms with Crippen molar-refractivity contribution in [2.24, 2.45) is 0 Å². The maximum Gasteiger partial charge on any atom is 0.160 e. The highest BCUT2D eigenvalue weighted by Crippen LogP contribution is 2.28. The fourth-order valence-electron chi connectivity index (χ4n) is 4.66. The molecule has 242 valence electrons. The van der Waals surface area contributed by atoms with Crippen LogP contribution in [0.5, 0.6) is 34.5 Å². The smallest absolute Gasteiger partial charge is 0.160 e. The standard InChI is InChI=1S/C18H23NO4.C18H23NO3/c1-22-17-8-3-13(11-18(17)23-2)9-10-19-12-16(21)14-4-6-15(20)7-5-14;1-13(2-3-14-4-7-16(20)8-5-14)19-11-10-15-6-9-17(21)18(22)12-15/h3-8,11,16,19-21H,9-10,12H2,1-2H3;4-9,12-13,19-22H,2-3,10-11H2,1H3/t16-;/m0./s1. The van der Waals surface area contributed by atoms with E-state index >= 15 is 0 Å². The number of hydrogen-bond acceptors (Lipinski definition) is 9. The van der Waals surface area contributed by atoms with Gasteiger partial charge in [0.05, 0.1) is 20.3 Å². The van der Waals surface area contributed by atoms with Crippen LogP contribution in [0.3, 0.4) is 0 Å². The molecule has 0 radical (unpaired) electrons. The summed E-state index contributed by atoms with van der Waals surface area (Å²) in [4.78, 5) is 0. The molecule has 2 atom stereocenters. The summed E-state index contributed by atoms with van der Waals surface area (Å²) < 4.78 is 10.5. The summed E-state index contributed by atoms with van der Waals surface area (Å²) >= 11 is 0. The quantitative estimate of drug-likeness (QED) is 0.0704. The molecule has 0 bridgehead atoms. The topological polar surface area (TPSA) is 144 Å². The molecule has 0 amide bonds. The normalized spacial score (nSPS) is 12.1. The molecular weight excluding hydrogens is 572 g/mol. The van der Waals surface area contributed by atoms with Crippen molar-refractivity contribution in [2.45, 2.75) is 44.8 Å². The van der Waals surface area contributed by atoms with Crippen LogP contribution in [0, 0.1) is 0 Å². The summed E-state index contributed by atoms with van der Waals surface area (Å²) in [5.74, 6) is 1.77. The monoisotopic (exact) mass is 618 g/mol. The Labute approximate surface area is 265 Å². The van der Waals surface area contributed by atoms with Crippen molar-refractivity contribution in [3.63, 3.8) is 0 Å². The van der Waals surface area contributed by atoms with E-state index in [0.717, 1.165) is 55.5 Å². The first-order valence-corrected chi connectivity index (χ1v) is 15.1. The first-order chi connectivity index (χ1) is 21.7. The van der Waals surface area contributed by atoms with Crippen LogP contribution < -0.4 is 20.1 Å². The van der Waals surface area contributed by atoms with Crippen molar-refractivity contribution >= 4 is 0 Å². The molecule has 45 heavy (non-hydrogen) atoms. The third-order valence-electron chi connectivity index (χ3n) is 7.40. The first kappa shape index (κ1) is 35.0. The van der Waals surface area contributed by atoms with E-state index in [1.807, 2.05) is 36.4 Å². The zero-order chi connectivity index (χ0) is 32.6. The van der Waals surface area contributed by atoms with Gasteiger partial charge >= 0.3 is 0 Å². The number of aryl methyl sites for hydroxylation is 1. The zero-order valence-corrected chi connectivity index (χ0v) is 26.2. The van der Waals surface area contributed by atoms with Gasteiger partial charge in [-0.2, -0.15) is 0 Å². The lowest BCUT2D eigenvalue weighted by Crippen LogP contribution is -2.28. The summed E-state index contributed by atoms with van der Waals surface area (Å²) in [7, 11) is 3.23. The lowest BCUT2D eigenvalue weighted by molar-refractivity contribution is 0.175. The number of aliphatic hydroxyl groups excluding tert-OH is 1. The number of ether oxygens (including phenoxy) is 2. The number of rotatable bonds is 15. The molecule has 0 heterocycles. The highest BCUT2D eigenvalue weighted by Gasteiger charge is 2.08. The van der Waals surface area contributed by atoms with Gasteiger partial charge in [-0.15, -0.1) is 0 Å². The molecule has 0 aromatic heterocycles. The predicted molar refractivity (Wildman–Crippen MR) is 177 cm³/mol. The van der Waals surface area contributed by atoms with Crippen molar-refractivity contribution < 1.29 is 35.0 Å². The molecular formula is C36H46N2O7. The fourth-order valence-corrected chi connectivity index (χ4v) is 4.66. The van der Waals surface area contributed by atoms with Crippen molar-refractivity contribution in [1.82, 2.24) is 10.6 Å². The molecule has 9 heteroatoms. The van der Waals surface area contributed by atoms with E-state index in [1.165, 1.54) is 11.6 Å². The maximum atomic E-state index is 10.1. The molecule has 1 unspecified atom stereocenters. The van der Waals surface area contributed by atoms with Crippen LogP contribution in [-0.4, -0.2) is 65.4 Å². The average Bonchev–Trinajstić information content (AvgIpc) is 3.05. The molecule has 4 aromatic carbocycles. The lowest BCUT2D eigenvalue weighted by Gasteiger charge is -2.14. The van der Waals surface area contributed by atoms with E-state index in [1.54, 1.807) is 56.7 Å². The van der Waals surface area contributed by atoms with Crippen LogP contribution in [0.4, 0.5) is 0 Å². The highest BCUT2D eigenvalue weighted by atomic mass is 16.5. The van der Waals surface area contributed by atoms with Gasteiger partial charge in [-0.05, 0) is 116 Å². The van der Waals surface area contributed by atoms with Crippen molar-refractivity contribution in [2.75, 3.05) is 33.9 Å². The van der Waals surface area contributed by atoms with E-state index in [-0.39, 0.29) is 17.2 Å². The molecule has 0 aliphatic rings. The summed E-state index contributed by atoms with van der Waals surface area (Å²) in [5, 5.41) is 54.0. The van der Waals surface area contributed by atoms with E-state index in [2.05, 4.69) is 17.6 Å². The first-order valence-electron chi connectivity index (χ1n) is 15.1. The minimum Gasteiger partial charge on any atom is -0.508 e. The summed E-state index contributed by atoms with van der Waals surface area (Å²) in [5.41, 5.74) is 4.12. The van der Waals surface area contributed by atoms with Crippen molar-refractivity contribution in [3.8, 4) is 34.5 Å². The van der Waals surface area contributed by atoms with Gasteiger partial charge in [0.25, 0.3) is 0 Å². The number of phenols is 4. The Morgan fingerprint density at radius 2 is 1.20 bits per heavy atom. The van der Waals surface area contributed by atoms with E-state index in [0.29, 0.717) is 29.8 Å². The molecule has 7 N–H and O–H groups in total. The zero-order valence-electron chi connectivity index (χ0n) is 26.2. The van der Waals surface area contributed by atoms with Gasteiger partial charge in [-0.25, -0.2) is 0 Å². The van der Waals surface area contributed by atoms with Gasteiger partial charge < -0.3 is 45.6 Å². The number of aromatic hydroxyl groups is 4. The maximum absolute atomic E-state index is 10.1. The number of hydrogen-bond donors (Lipinski definition) is 7. The number of nitrogens with one attached hydrogen (secondary N) is 2. The van der Waals surface area contributed by atoms with Gasteiger partial charge in [-0.1, -0.05) is 36.4 Å². The fraction of sp³-hybridized carbons (Fsp3) is 0.333. The van der Waals surface area contributed by atoms with Gasteiger partial charge in [0, 0.05) is 12.6 Å². The molecule has 0 aliphatic heterocycles. The molecule has 0 saturated heterocycles. The Morgan fingerprint density at radius 3 is 1.84 bits per heavy atom. The molecule has 0 saturated carbocycles. The van der Waals surface area contributed by atoms with Crippen LogP contribution in [0.2, 0.25) is 0 Å². The van der Waals surface area contributed by atoms with Crippen LogP contribution in [-0.2, 0) is 19.3 Å². The molecule has 4 rings (SSSR count). The van der Waals surface area contributed by atoms with E-state index in [9.17, 15) is 25.5 Å². The lowest BCUT2D eigenvalue weighted by atomic mass is 10.1. The van der Waals surface area contributed by atoms with Crippen LogP contribution in [0.15, 0.2) is 84.9 Å². The SMILES string of the molecule is CC(CCc1ccc(O)cc1)NCCc1ccc(O)c(O)c1.COc1ccc(CCNC[C@H](O)c2ccc(O)cc2)cc1OC. The Balaban J connectivity index is 0.000000246. The molecule has 0 spiro atoms. The van der Waals surface area contributed by atoms with Crippen LogP contribution >= 0.6 is 0 Å². The summed E-state index contributed by atoms with van der Waals surface area (Å²) in [6, 6.07) is 25.1. The average molecular weight is 619 g/mol. The number of aliphatic hydroxyl groups is 1. The number of methoxy groups -OCH3 is 2. The Hall–Kier alpha value is -4.44. The van der Waals surface area contributed by atoms with Crippen LogP contribution in [0.1, 0.15) is 41.7 Å².